The van der Waals surface area contributed by atoms with Crippen LogP contribution in [0, 0.1) is 55.4 Å². The Bertz CT molecular complexity index is 3260. The monoisotopic (exact) mass is 885 g/mol. The summed E-state index contributed by atoms with van der Waals surface area (Å²) in [5, 5.41) is 7.85. The van der Waals surface area contributed by atoms with Crippen molar-refractivity contribution in [1.82, 2.24) is 0 Å². The summed E-state index contributed by atoms with van der Waals surface area (Å²) < 4.78 is 0. The number of benzene rings is 10. The highest BCUT2D eigenvalue weighted by atomic mass is 15.2. The Labute approximate surface area is 404 Å². The first-order valence-corrected chi connectivity index (χ1v) is 24.6. The molecule has 2 heteroatoms. The molecule has 338 valence electrons. The van der Waals surface area contributed by atoms with E-state index in [9.17, 15) is 0 Å². The molecule has 0 unspecified atom stereocenters. The second kappa shape index (κ2) is 17.5. The number of rotatable bonds is 10. The molecule has 0 saturated carbocycles. The van der Waals surface area contributed by atoms with E-state index in [-0.39, 0.29) is 11.8 Å². The molecule has 0 aliphatic carbocycles. The minimum atomic E-state index is 0.275. The number of para-hydroxylation sites is 2. The predicted octanol–water partition coefficient (Wildman–Crippen LogP) is 19.6. The third kappa shape index (κ3) is 7.24. The SMILES string of the molecule is Cc1cccc(C)c1N(c1c(C)ccc(-c2ccccc2)c1C)c1cc(C(C)C)c2ccc3c(N(c4c(C)cccc4C)c4c(C)ccc(-c5ccccc5)c4C)cc(C(C)C)c4ccc1c2c43. The average molecular weight is 885 g/mol. The minimum Gasteiger partial charge on any atom is -0.309 e. The van der Waals surface area contributed by atoms with Gasteiger partial charge in [-0.15, -0.1) is 0 Å². The van der Waals surface area contributed by atoms with Gasteiger partial charge in [0.25, 0.3) is 0 Å². The predicted molar refractivity (Wildman–Crippen MR) is 296 cm³/mol. The summed E-state index contributed by atoms with van der Waals surface area (Å²) >= 11 is 0. The van der Waals surface area contributed by atoms with Gasteiger partial charge in [-0.05, 0) is 179 Å². The van der Waals surface area contributed by atoms with Crippen LogP contribution in [0.15, 0.2) is 158 Å². The summed E-state index contributed by atoms with van der Waals surface area (Å²) in [5.74, 6) is 0.550. The first kappa shape index (κ1) is 44.7. The molecule has 0 aliphatic heterocycles. The van der Waals surface area contributed by atoms with Gasteiger partial charge in [-0.3, -0.25) is 0 Å². The number of hydrogen-bond donors (Lipinski definition) is 0. The molecule has 0 atom stereocenters. The molecule has 0 heterocycles. The van der Waals surface area contributed by atoms with E-state index in [4.69, 9.17) is 0 Å². The maximum absolute atomic E-state index is 2.63. The van der Waals surface area contributed by atoms with E-state index in [0.29, 0.717) is 0 Å². The summed E-state index contributed by atoms with van der Waals surface area (Å²) in [6.07, 6.45) is 0. The molecule has 68 heavy (non-hydrogen) atoms. The normalized spacial score (nSPS) is 11.8. The van der Waals surface area contributed by atoms with Crippen LogP contribution in [-0.2, 0) is 0 Å². The fourth-order valence-corrected chi connectivity index (χ4v) is 11.6. The quantitative estimate of drug-likeness (QED) is 0.126. The Hall–Kier alpha value is -7.16. The third-order valence-electron chi connectivity index (χ3n) is 14.9. The Balaban J connectivity index is 1.37. The summed E-state index contributed by atoms with van der Waals surface area (Å²) in [5.41, 5.74) is 25.1. The summed E-state index contributed by atoms with van der Waals surface area (Å²) in [6, 6.07) is 59.4. The molecule has 0 fully saturated rings. The van der Waals surface area contributed by atoms with E-state index in [0.717, 1.165) is 0 Å². The van der Waals surface area contributed by atoms with Gasteiger partial charge in [-0.1, -0.05) is 173 Å². The van der Waals surface area contributed by atoms with Crippen molar-refractivity contribution in [2.45, 2.75) is 94.9 Å². The number of hydrogen-bond acceptors (Lipinski definition) is 2. The molecule has 0 amide bonds. The van der Waals surface area contributed by atoms with E-state index < -0.39 is 0 Å². The van der Waals surface area contributed by atoms with Gasteiger partial charge in [0, 0.05) is 10.8 Å². The molecule has 10 aromatic carbocycles. The van der Waals surface area contributed by atoms with Crippen molar-refractivity contribution >= 4 is 66.4 Å². The van der Waals surface area contributed by atoms with Crippen molar-refractivity contribution in [2.75, 3.05) is 9.80 Å². The Kier molecular flexibility index (Phi) is 11.5. The van der Waals surface area contributed by atoms with E-state index >= 15 is 0 Å². The first-order valence-electron chi connectivity index (χ1n) is 24.6. The largest absolute Gasteiger partial charge is 0.309 e. The van der Waals surface area contributed by atoms with Crippen molar-refractivity contribution in [1.29, 1.82) is 0 Å². The van der Waals surface area contributed by atoms with Crippen molar-refractivity contribution < 1.29 is 0 Å². The fourth-order valence-electron chi connectivity index (χ4n) is 11.6. The van der Waals surface area contributed by atoms with Crippen LogP contribution in [0.1, 0.15) is 95.2 Å². The Morgan fingerprint density at radius 1 is 0.309 bits per heavy atom. The van der Waals surface area contributed by atoms with Crippen molar-refractivity contribution in [2.24, 2.45) is 0 Å². The first-order chi connectivity index (χ1) is 32.8. The lowest BCUT2D eigenvalue weighted by Gasteiger charge is -2.35. The number of aryl methyl sites for hydroxylation is 6. The molecule has 10 aromatic rings. The van der Waals surface area contributed by atoms with Gasteiger partial charge in [-0.25, -0.2) is 0 Å². The van der Waals surface area contributed by atoms with Crippen LogP contribution in [0.5, 0.6) is 0 Å². The maximum atomic E-state index is 2.63. The molecule has 10 rings (SSSR count). The molecule has 0 N–H and O–H groups in total. The van der Waals surface area contributed by atoms with Gasteiger partial charge >= 0.3 is 0 Å². The minimum absolute atomic E-state index is 0.275. The molecule has 0 spiro atoms. The zero-order chi connectivity index (χ0) is 47.7. The van der Waals surface area contributed by atoms with Gasteiger partial charge in [0.05, 0.1) is 34.1 Å². The molecular weight excluding hydrogens is 821 g/mol. The van der Waals surface area contributed by atoms with E-state index in [1.807, 2.05) is 0 Å². The maximum Gasteiger partial charge on any atom is 0.0544 e. The smallest absolute Gasteiger partial charge is 0.0544 e. The van der Waals surface area contributed by atoms with E-state index in [2.05, 4.69) is 251 Å². The van der Waals surface area contributed by atoms with Gasteiger partial charge in [0.2, 0.25) is 0 Å². The zero-order valence-electron chi connectivity index (χ0n) is 42.1. The second-order valence-electron chi connectivity index (χ2n) is 20.0. The standard InChI is InChI=1S/C66H64N2/c1-39(2)57-37-59(67(63-41(5)21-19-22-42(63)6)65-45(9)29-31-51(47(65)11)49-25-15-13-16-26-49)55-36-34-54-58(40(3)4)38-60(56-35-33-53(57)61(55)62(54)56)68(64-43(7)23-20-24-44(64)8)66-46(10)30-32-52(48(66)12)50-27-17-14-18-28-50/h13-40H,1-12H3. The molecule has 0 aliphatic rings. The van der Waals surface area contributed by atoms with Crippen molar-refractivity contribution in [3.05, 3.63) is 213 Å². The third-order valence-corrected chi connectivity index (χ3v) is 14.9. The summed E-state index contributed by atoms with van der Waals surface area (Å²) in [6.45, 7) is 27.8. The lowest BCUT2D eigenvalue weighted by atomic mass is 9.83. The van der Waals surface area contributed by atoms with Crippen LogP contribution in [-0.4, -0.2) is 0 Å². The van der Waals surface area contributed by atoms with Crippen LogP contribution in [0.3, 0.4) is 0 Å². The highest BCUT2D eigenvalue weighted by Crippen LogP contribution is 2.54. The van der Waals surface area contributed by atoms with Gasteiger partial charge in [0.1, 0.15) is 0 Å². The van der Waals surface area contributed by atoms with Crippen molar-refractivity contribution in [3.8, 4) is 22.3 Å². The van der Waals surface area contributed by atoms with Crippen LogP contribution in [0.2, 0.25) is 0 Å². The van der Waals surface area contributed by atoms with Crippen LogP contribution >= 0.6 is 0 Å². The van der Waals surface area contributed by atoms with E-state index in [1.54, 1.807) is 0 Å². The Morgan fingerprint density at radius 2 is 0.632 bits per heavy atom. The average Bonchev–Trinajstić information content (AvgIpc) is 3.32. The second-order valence-corrected chi connectivity index (χ2v) is 20.0. The highest BCUT2D eigenvalue weighted by Gasteiger charge is 2.30. The van der Waals surface area contributed by atoms with Crippen molar-refractivity contribution in [3.63, 3.8) is 0 Å². The highest BCUT2D eigenvalue weighted by molar-refractivity contribution is 6.29. The molecule has 0 radical (unpaired) electrons. The van der Waals surface area contributed by atoms with E-state index in [1.165, 1.54) is 144 Å². The number of nitrogens with zero attached hydrogens (tertiary/aromatic N) is 2. The van der Waals surface area contributed by atoms with Gasteiger partial charge in [-0.2, -0.15) is 0 Å². The molecule has 0 bridgehead atoms. The van der Waals surface area contributed by atoms with Crippen LogP contribution in [0.25, 0.3) is 54.6 Å². The lowest BCUT2D eigenvalue weighted by Crippen LogP contribution is -2.18. The van der Waals surface area contributed by atoms with Crippen LogP contribution in [0.4, 0.5) is 34.1 Å². The summed E-state index contributed by atoms with van der Waals surface area (Å²) in [7, 11) is 0. The molecule has 0 saturated heterocycles. The molecule has 0 aromatic heterocycles. The lowest BCUT2D eigenvalue weighted by molar-refractivity contribution is 0.875. The van der Waals surface area contributed by atoms with Gasteiger partial charge in [0.15, 0.2) is 0 Å². The fraction of sp³-hybridized carbons (Fsp3) is 0.212. The summed E-state index contributed by atoms with van der Waals surface area (Å²) in [4.78, 5) is 5.27. The zero-order valence-corrected chi connectivity index (χ0v) is 42.1. The number of anilines is 6. The van der Waals surface area contributed by atoms with Gasteiger partial charge < -0.3 is 9.80 Å². The molecule has 2 nitrogen and oxygen atoms in total. The Morgan fingerprint density at radius 3 is 0.971 bits per heavy atom. The topological polar surface area (TPSA) is 6.48 Å². The molecular formula is C66H64N2. The van der Waals surface area contributed by atoms with Crippen LogP contribution < -0.4 is 9.80 Å².